The van der Waals surface area contributed by atoms with Crippen molar-refractivity contribution in [2.45, 2.75) is 6.42 Å². The first kappa shape index (κ1) is 12.3. The Kier molecular flexibility index (Phi) is 2.34. The highest BCUT2D eigenvalue weighted by Crippen LogP contribution is 2.53. The van der Waals surface area contributed by atoms with Crippen molar-refractivity contribution in [1.82, 2.24) is 0 Å². The molecule has 0 N–H and O–H groups in total. The van der Waals surface area contributed by atoms with Gasteiger partial charge in [0.25, 0.3) is 5.69 Å². The average molecular weight is 284 g/mol. The molecule has 2 bridgehead atoms. The number of nitrogens with zero attached hydrogens (tertiary/aromatic N) is 2. The molecule has 6 nitrogen and oxygen atoms in total. The monoisotopic (exact) mass is 284 g/mol. The zero-order chi connectivity index (χ0) is 14.7. The number of non-ortho nitro benzene ring substituents is 1. The van der Waals surface area contributed by atoms with Crippen LogP contribution >= 0.6 is 0 Å². The fraction of sp³-hybridized carbons (Fsp3) is 0.333. The van der Waals surface area contributed by atoms with Gasteiger partial charge >= 0.3 is 0 Å². The molecule has 0 aromatic heterocycles. The van der Waals surface area contributed by atoms with Gasteiger partial charge in [0.15, 0.2) is 0 Å². The largest absolute Gasteiger partial charge is 0.274 e. The maximum Gasteiger partial charge on any atom is 0.269 e. The highest BCUT2D eigenvalue weighted by molar-refractivity contribution is 6.22. The van der Waals surface area contributed by atoms with Crippen LogP contribution in [0.3, 0.4) is 0 Å². The normalized spacial score (nSPS) is 32.9. The lowest BCUT2D eigenvalue weighted by Crippen LogP contribution is -2.32. The van der Waals surface area contributed by atoms with Gasteiger partial charge in [0.2, 0.25) is 11.8 Å². The van der Waals surface area contributed by atoms with E-state index in [4.69, 9.17) is 0 Å². The molecular weight excluding hydrogens is 272 g/mol. The second-order valence-electron chi connectivity index (χ2n) is 5.79. The van der Waals surface area contributed by atoms with Gasteiger partial charge in [-0.05, 0) is 30.4 Å². The number of carbonyl (C=O) groups is 2. The smallest absolute Gasteiger partial charge is 0.269 e. The van der Waals surface area contributed by atoms with E-state index in [0.29, 0.717) is 5.69 Å². The summed E-state index contributed by atoms with van der Waals surface area (Å²) in [4.78, 5) is 36.4. The molecule has 0 spiro atoms. The van der Waals surface area contributed by atoms with Crippen LogP contribution in [-0.4, -0.2) is 16.7 Å². The lowest BCUT2D eigenvalue weighted by Gasteiger charge is -2.16. The molecular formula is C15H12N2O4. The van der Waals surface area contributed by atoms with Gasteiger partial charge in [0.1, 0.15) is 0 Å². The molecule has 2 fully saturated rings. The predicted molar refractivity (Wildman–Crippen MR) is 73.3 cm³/mol. The SMILES string of the molecule is O=C1[C@@H]2[C@H](C(=O)N1c1ccc([N+](=O)[O-])cc1)[C@H]1C=C[C@@H]2C1. The van der Waals surface area contributed by atoms with Crippen LogP contribution < -0.4 is 4.90 Å². The maximum absolute atomic E-state index is 12.5. The number of hydrogen-bond donors (Lipinski definition) is 0. The Morgan fingerprint density at radius 2 is 1.52 bits per heavy atom. The van der Waals surface area contributed by atoms with Crippen LogP contribution in [0.25, 0.3) is 0 Å². The molecule has 1 aromatic carbocycles. The zero-order valence-electron chi connectivity index (χ0n) is 11.0. The van der Waals surface area contributed by atoms with Crippen molar-refractivity contribution in [3.05, 3.63) is 46.5 Å². The van der Waals surface area contributed by atoms with Gasteiger partial charge in [-0.25, -0.2) is 0 Å². The Morgan fingerprint density at radius 1 is 1.00 bits per heavy atom. The van der Waals surface area contributed by atoms with Gasteiger partial charge in [-0.3, -0.25) is 24.6 Å². The van der Waals surface area contributed by atoms with Gasteiger partial charge in [-0.15, -0.1) is 0 Å². The number of amides is 2. The van der Waals surface area contributed by atoms with Crippen molar-refractivity contribution in [3.63, 3.8) is 0 Å². The molecule has 1 aromatic rings. The second-order valence-corrected chi connectivity index (χ2v) is 5.79. The summed E-state index contributed by atoms with van der Waals surface area (Å²) >= 11 is 0. The van der Waals surface area contributed by atoms with Crippen molar-refractivity contribution in [2.75, 3.05) is 4.90 Å². The van der Waals surface area contributed by atoms with Crippen LogP contribution in [0, 0.1) is 33.8 Å². The maximum atomic E-state index is 12.5. The highest BCUT2D eigenvalue weighted by Gasteiger charge is 2.59. The minimum atomic E-state index is -0.504. The Bertz CT molecular complexity index is 664. The number of nitro groups is 1. The van der Waals surface area contributed by atoms with E-state index in [-0.39, 0.29) is 41.2 Å². The lowest BCUT2D eigenvalue weighted by molar-refractivity contribution is -0.384. The molecule has 21 heavy (non-hydrogen) atoms. The summed E-state index contributed by atoms with van der Waals surface area (Å²) < 4.78 is 0. The van der Waals surface area contributed by atoms with E-state index >= 15 is 0 Å². The Balaban J connectivity index is 1.69. The summed E-state index contributed by atoms with van der Waals surface area (Å²) in [5, 5.41) is 10.7. The van der Waals surface area contributed by atoms with E-state index in [2.05, 4.69) is 0 Å². The van der Waals surface area contributed by atoms with E-state index in [0.717, 1.165) is 6.42 Å². The molecule has 1 heterocycles. The average Bonchev–Trinajstić information content (AvgIpc) is 3.13. The first-order valence-electron chi connectivity index (χ1n) is 6.88. The molecule has 2 amide bonds. The number of nitro benzene ring substituents is 1. The van der Waals surface area contributed by atoms with E-state index in [1.165, 1.54) is 29.2 Å². The van der Waals surface area contributed by atoms with Gasteiger partial charge in [-0.2, -0.15) is 0 Å². The topological polar surface area (TPSA) is 80.5 Å². The van der Waals surface area contributed by atoms with Crippen LogP contribution in [0.1, 0.15) is 6.42 Å². The fourth-order valence-corrected chi connectivity index (χ4v) is 3.88. The van der Waals surface area contributed by atoms with E-state index in [1.807, 2.05) is 12.2 Å². The Labute approximate surface area is 120 Å². The van der Waals surface area contributed by atoms with Crippen LogP contribution in [0.15, 0.2) is 36.4 Å². The number of rotatable bonds is 2. The lowest BCUT2D eigenvalue weighted by atomic mass is 9.85. The van der Waals surface area contributed by atoms with Crippen molar-refractivity contribution >= 4 is 23.2 Å². The first-order chi connectivity index (χ1) is 10.1. The Hall–Kier alpha value is -2.50. The van der Waals surface area contributed by atoms with Crippen LogP contribution in [-0.2, 0) is 9.59 Å². The van der Waals surface area contributed by atoms with Gasteiger partial charge < -0.3 is 0 Å². The number of hydrogen-bond acceptors (Lipinski definition) is 4. The number of anilines is 1. The third-order valence-corrected chi connectivity index (χ3v) is 4.79. The molecule has 4 atom stereocenters. The van der Waals surface area contributed by atoms with Crippen LogP contribution in [0.2, 0.25) is 0 Å². The zero-order valence-corrected chi connectivity index (χ0v) is 11.0. The van der Waals surface area contributed by atoms with Crippen molar-refractivity contribution in [1.29, 1.82) is 0 Å². The molecule has 0 unspecified atom stereocenters. The van der Waals surface area contributed by atoms with Gasteiger partial charge in [0, 0.05) is 12.1 Å². The summed E-state index contributed by atoms with van der Waals surface area (Å²) in [5.41, 5.74) is 0.365. The van der Waals surface area contributed by atoms with Crippen molar-refractivity contribution in [2.24, 2.45) is 23.7 Å². The number of imide groups is 1. The standard InChI is InChI=1S/C15H12N2O4/c18-14-12-8-1-2-9(7-8)13(12)15(19)16(14)10-3-5-11(6-4-10)17(20)21/h1-6,8-9,12-13H,7H2/t8-,9+,12+,13-. The van der Waals surface area contributed by atoms with E-state index in [9.17, 15) is 19.7 Å². The molecule has 6 heteroatoms. The van der Waals surface area contributed by atoms with Crippen LogP contribution in [0.4, 0.5) is 11.4 Å². The van der Waals surface area contributed by atoms with Gasteiger partial charge in [0.05, 0.1) is 22.4 Å². The fourth-order valence-electron chi connectivity index (χ4n) is 3.88. The number of allylic oxidation sites excluding steroid dienone is 2. The highest BCUT2D eigenvalue weighted by atomic mass is 16.6. The summed E-state index contributed by atoms with van der Waals surface area (Å²) in [6.07, 6.45) is 4.97. The van der Waals surface area contributed by atoms with Crippen molar-refractivity contribution in [3.8, 4) is 0 Å². The van der Waals surface area contributed by atoms with E-state index in [1.54, 1.807) is 0 Å². The third-order valence-electron chi connectivity index (χ3n) is 4.79. The van der Waals surface area contributed by atoms with Crippen molar-refractivity contribution < 1.29 is 14.5 Å². The molecule has 0 radical (unpaired) electrons. The molecule has 4 rings (SSSR count). The number of carbonyl (C=O) groups excluding carboxylic acids is 2. The summed E-state index contributed by atoms with van der Waals surface area (Å²) in [6, 6.07) is 5.56. The van der Waals surface area contributed by atoms with Gasteiger partial charge in [-0.1, -0.05) is 12.2 Å². The number of fused-ring (bicyclic) bond motifs is 5. The first-order valence-corrected chi connectivity index (χ1v) is 6.88. The van der Waals surface area contributed by atoms with E-state index < -0.39 is 4.92 Å². The van der Waals surface area contributed by atoms with Crippen LogP contribution in [0.5, 0.6) is 0 Å². The molecule has 1 aliphatic heterocycles. The second kappa shape index (κ2) is 4.00. The number of benzene rings is 1. The summed E-state index contributed by atoms with van der Waals surface area (Å²) in [5.74, 6) is -0.504. The minimum Gasteiger partial charge on any atom is -0.274 e. The molecule has 1 saturated heterocycles. The third kappa shape index (κ3) is 1.53. The Morgan fingerprint density at radius 3 is 2.00 bits per heavy atom. The molecule has 3 aliphatic rings. The predicted octanol–water partition coefficient (Wildman–Crippen LogP) is 1.91. The quantitative estimate of drug-likeness (QED) is 0.359. The summed E-state index contributed by atoms with van der Waals surface area (Å²) in [7, 11) is 0. The molecule has 1 saturated carbocycles. The molecule has 2 aliphatic carbocycles. The summed E-state index contributed by atoms with van der Waals surface area (Å²) in [6.45, 7) is 0. The minimum absolute atomic E-state index is 0.0558. The molecule has 106 valence electrons.